The molecule has 1 atom stereocenters. The van der Waals surface area contributed by atoms with Crippen LogP contribution in [0.25, 0.3) is 5.69 Å². The molecule has 0 aliphatic heterocycles. The van der Waals surface area contributed by atoms with E-state index in [9.17, 15) is 9.59 Å². The van der Waals surface area contributed by atoms with Crippen LogP contribution in [-0.4, -0.2) is 26.7 Å². The number of aromatic nitrogens is 2. The molecule has 0 fully saturated rings. The quantitative estimate of drug-likeness (QED) is 0.844. The predicted molar refractivity (Wildman–Crippen MR) is 81.3 cm³/mol. The van der Waals surface area contributed by atoms with Crippen molar-refractivity contribution in [2.45, 2.75) is 24.3 Å². The van der Waals surface area contributed by atoms with Crippen LogP contribution in [0.15, 0.2) is 41.8 Å². The molecule has 1 aromatic carbocycles. The molecule has 110 valence electrons. The molecule has 0 unspecified atom stereocenters. The van der Waals surface area contributed by atoms with Gasteiger partial charge in [0.15, 0.2) is 5.16 Å². The highest BCUT2D eigenvalue weighted by atomic mass is 32.2. The first kappa shape index (κ1) is 15.1. The molecule has 0 bridgehead atoms. The second-order valence-electron chi connectivity index (χ2n) is 4.53. The van der Waals surface area contributed by atoms with Gasteiger partial charge in [0.25, 0.3) is 0 Å². The van der Waals surface area contributed by atoms with Crippen molar-refractivity contribution < 1.29 is 9.59 Å². The normalized spacial score (nSPS) is 11.9. The zero-order valence-electron chi connectivity index (χ0n) is 11.7. The minimum atomic E-state index is -0.852. The van der Waals surface area contributed by atoms with Gasteiger partial charge >= 0.3 is 6.03 Å². The van der Waals surface area contributed by atoms with E-state index in [1.165, 1.54) is 11.8 Å². The Hall–Kier alpha value is -2.28. The van der Waals surface area contributed by atoms with Gasteiger partial charge in [-0.3, -0.25) is 14.7 Å². The van der Waals surface area contributed by atoms with Crippen molar-refractivity contribution in [1.29, 1.82) is 0 Å². The van der Waals surface area contributed by atoms with Crippen molar-refractivity contribution in [2.24, 2.45) is 5.73 Å². The first-order valence-corrected chi connectivity index (χ1v) is 7.22. The van der Waals surface area contributed by atoms with E-state index >= 15 is 0 Å². The molecular weight excluding hydrogens is 288 g/mol. The SMILES string of the molecule is Cc1cccc(-n2ccnc2S[C@@H](C)C(=O)NC(N)=O)c1. The molecule has 0 aliphatic rings. The molecule has 7 heteroatoms. The molecular formula is C14H16N4O2S. The summed E-state index contributed by atoms with van der Waals surface area (Å²) in [5, 5.41) is 2.26. The highest BCUT2D eigenvalue weighted by Gasteiger charge is 2.18. The van der Waals surface area contributed by atoms with Crippen LogP contribution < -0.4 is 11.1 Å². The number of hydrogen-bond acceptors (Lipinski definition) is 4. The number of carbonyl (C=O) groups excluding carboxylic acids is 2. The van der Waals surface area contributed by atoms with E-state index in [1.54, 1.807) is 13.1 Å². The average molecular weight is 304 g/mol. The van der Waals surface area contributed by atoms with Crippen LogP contribution in [0, 0.1) is 6.92 Å². The number of aryl methyl sites for hydroxylation is 1. The largest absolute Gasteiger partial charge is 0.351 e. The molecule has 3 amide bonds. The molecule has 0 radical (unpaired) electrons. The molecule has 3 N–H and O–H groups in total. The van der Waals surface area contributed by atoms with Crippen molar-refractivity contribution in [2.75, 3.05) is 0 Å². The van der Waals surface area contributed by atoms with Crippen LogP contribution in [0.1, 0.15) is 12.5 Å². The standard InChI is InChI=1S/C14H16N4O2S/c1-9-4-3-5-11(8-9)18-7-6-16-14(18)21-10(2)12(19)17-13(15)20/h3-8,10H,1-2H3,(H3,15,17,19,20)/t10-/m0/s1. The second kappa shape index (κ2) is 6.45. The van der Waals surface area contributed by atoms with Gasteiger partial charge in [0.2, 0.25) is 5.91 Å². The molecule has 0 saturated carbocycles. The Morgan fingerprint density at radius 2 is 2.19 bits per heavy atom. The monoisotopic (exact) mass is 304 g/mol. The summed E-state index contributed by atoms with van der Waals surface area (Å²) in [6.45, 7) is 3.70. The number of amides is 3. The summed E-state index contributed by atoms with van der Waals surface area (Å²) < 4.78 is 1.89. The fraction of sp³-hybridized carbons (Fsp3) is 0.214. The number of imidazole rings is 1. The molecule has 6 nitrogen and oxygen atoms in total. The number of nitrogens with zero attached hydrogens (tertiary/aromatic N) is 2. The molecule has 0 spiro atoms. The van der Waals surface area contributed by atoms with Gasteiger partial charge in [-0.1, -0.05) is 23.9 Å². The van der Waals surface area contributed by atoms with Gasteiger partial charge in [-0.2, -0.15) is 0 Å². The van der Waals surface area contributed by atoms with Gasteiger partial charge in [-0.15, -0.1) is 0 Å². The summed E-state index contributed by atoms with van der Waals surface area (Å²) in [7, 11) is 0. The minimum Gasteiger partial charge on any atom is -0.351 e. The number of rotatable bonds is 4. The summed E-state index contributed by atoms with van der Waals surface area (Å²) in [6.07, 6.45) is 3.50. The highest BCUT2D eigenvalue weighted by molar-refractivity contribution is 8.00. The van der Waals surface area contributed by atoms with Gasteiger partial charge in [0, 0.05) is 18.1 Å². The summed E-state index contributed by atoms with van der Waals surface area (Å²) in [5.74, 6) is -0.439. The number of nitrogens with one attached hydrogen (secondary N) is 1. The van der Waals surface area contributed by atoms with E-state index < -0.39 is 17.2 Å². The molecule has 0 saturated heterocycles. The summed E-state index contributed by atoms with van der Waals surface area (Å²) in [4.78, 5) is 26.7. The lowest BCUT2D eigenvalue weighted by Crippen LogP contribution is -2.39. The number of nitrogens with two attached hydrogens (primary N) is 1. The van der Waals surface area contributed by atoms with Crippen molar-refractivity contribution in [1.82, 2.24) is 14.9 Å². The van der Waals surface area contributed by atoms with E-state index in [-0.39, 0.29) is 0 Å². The lowest BCUT2D eigenvalue weighted by Gasteiger charge is -2.12. The molecule has 0 aliphatic carbocycles. The van der Waals surface area contributed by atoms with E-state index in [0.29, 0.717) is 5.16 Å². The Balaban J connectivity index is 2.17. The topological polar surface area (TPSA) is 90.0 Å². The maximum Gasteiger partial charge on any atom is 0.318 e. The lowest BCUT2D eigenvalue weighted by molar-refractivity contribution is -0.119. The van der Waals surface area contributed by atoms with E-state index in [0.717, 1.165) is 11.3 Å². The number of benzene rings is 1. The summed E-state index contributed by atoms with van der Waals surface area (Å²) in [5.41, 5.74) is 7.05. The third kappa shape index (κ3) is 3.85. The third-order valence-corrected chi connectivity index (χ3v) is 3.86. The van der Waals surface area contributed by atoms with Gasteiger partial charge in [-0.05, 0) is 31.5 Å². The first-order valence-electron chi connectivity index (χ1n) is 6.34. The molecule has 2 rings (SSSR count). The Morgan fingerprint density at radius 1 is 1.43 bits per heavy atom. The van der Waals surface area contributed by atoms with E-state index in [1.807, 2.05) is 42.0 Å². The van der Waals surface area contributed by atoms with Crippen molar-refractivity contribution >= 4 is 23.7 Å². The van der Waals surface area contributed by atoms with Crippen LogP contribution >= 0.6 is 11.8 Å². The highest BCUT2D eigenvalue weighted by Crippen LogP contribution is 2.24. The number of hydrogen-bond donors (Lipinski definition) is 2. The Bertz CT molecular complexity index is 668. The average Bonchev–Trinajstić information content (AvgIpc) is 2.86. The fourth-order valence-corrected chi connectivity index (χ4v) is 2.67. The van der Waals surface area contributed by atoms with Gasteiger partial charge in [-0.25, -0.2) is 9.78 Å². The van der Waals surface area contributed by atoms with Crippen LogP contribution in [0.3, 0.4) is 0 Å². The number of thioether (sulfide) groups is 1. The van der Waals surface area contributed by atoms with E-state index in [2.05, 4.69) is 10.3 Å². The van der Waals surface area contributed by atoms with Gasteiger partial charge < -0.3 is 5.73 Å². The lowest BCUT2D eigenvalue weighted by atomic mass is 10.2. The van der Waals surface area contributed by atoms with Gasteiger partial charge in [0.05, 0.1) is 5.25 Å². The first-order chi connectivity index (χ1) is 9.97. The second-order valence-corrected chi connectivity index (χ2v) is 5.84. The zero-order valence-corrected chi connectivity index (χ0v) is 12.6. The fourth-order valence-electron chi connectivity index (χ4n) is 1.79. The molecule has 1 aromatic heterocycles. The summed E-state index contributed by atoms with van der Waals surface area (Å²) in [6, 6.07) is 7.11. The minimum absolute atomic E-state index is 0.439. The van der Waals surface area contributed by atoms with Crippen LogP contribution in [0.2, 0.25) is 0 Å². The van der Waals surface area contributed by atoms with Crippen LogP contribution in [-0.2, 0) is 4.79 Å². The summed E-state index contributed by atoms with van der Waals surface area (Å²) >= 11 is 1.26. The zero-order chi connectivity index (χ0) is 15.4. The van der Waals surface area contributed by atoms with Crippen molar-refractivity contribution in [3.05, 3.63) is 42.2 Å². The molecule has 1 heterocycles. The number of imide groups is 1. The van der Waals surface area contributed by atoms with Crippen LogP contribution in [0.5, 0.6) is 0 Å². The Kier molecular flexibility index (Phi) is 4.64. The third-order valence-electron chi connectivity index (χ3n) is 2.78. The predicted octanol–water partition coefficient (Wildman–Crippen LogP) is 1.86. The number of carbonyl (C=O) groups is 2. The van der Waals surface area contributed by atoms with Crippen molar-refractivity contribution in [3.63, 3.8) is 0 Å². The smallest absolute Gasteiger partial charge is 0.318 e. The Labute approximate surface area is 126 Å². The molecule has 2 aromatic rings. The Morgan fingerprint density at radius 3 is 2.86 bits per heavy atom. The number of urea groups is 1. The van der Waals surface area contributed by atoms with E-state index in [4.69, 9.17) is 5.73 Å². The van der Waals surface area contributed by atoms with Gasteiger partial charge in [0.1, 0.15) is 0 Å². The maximum absolute atomic E-state index is 11.7. The maximum atomic E-state index is 11.7. The molecule has 21 heavy (non-hydrogen) atoms. The van der Waals surface area contributed by atoms with Crippen molar-refractivity contribution in [3.8, 4) is 5.69 Å². The number of primary amides is 1. The van der Waals surface area contributed by atoms with Crippen LogP contribution in [0.4, 0.5) is 4.79 Å².